The monoisotopic (exact) mass is 453 g/mol. The zero-order valence-corrected chi connectivity index (χ0v) is 20.6. The first kappa shape index (κ1) is 23.8. The third-order valence-electron chi connectivity index (χ3n) is 5.46. The highest BCUT2D eigenvalue weighted by Gasteiger charge is 2.23. The molecule has 0 radical (unpaired) electrons. The molecule has 0 amide bonds. The van der Waals surface area contributed by atoms with Crippen molar-refractivity contribution in [3.8, 4) is 11.1 Å². The van der Waals surface area contributed by atoms with Crippen LogP contribution in [0.1, 0.15) is 67.6 Å². The molecule has 1 heterocycles. The fourth-order valence-corrected chi connectivity index (χ4v) is 4.98. The van der Waals surface area contributed by atoms with Crippen molar-refractivity contribution in [2.24, 2.45) is 0 Å². The van der Waals surface area contributed by atoms with E-state index in [0.717, 1.165) is 33.3 Å². The first-order chi connectivity index (χ1) is 14.8. The average Bonchev–Trinajstić information content (AvgIpc) is 2.73. The molecule has 0 aliphatic carbocycles. The molecule has 0 aliphatic heterocycles. The van der Waals surface area contributed by atoms with Crippen LogP contribution in [-0.4, -0.2) is 16.7 Å². The van der Waals surface area contributed by atoms with E-state index in [0.29, 0.717) is 12.3 Å². The SMILES string of the molecule is Cc1ccc(SCc2c(C(C)C)nc(C(C)C)c(CCO)c2-c2ccc(Cl)cc2)cc1. The smallest absolute Gasteiger partial charge is 0.0479 e. The van der Waals surface area contributed by atoms with Crippen molar-refractivity contribution in [1.82, 2.24) is 4.98 Å². The first-order valence-electron chi connectivity index (χ1n) is 10.9. The van der Waals surface area contributed by atoms with Crippen molar-refractivity contribution in [2.75, 3.05) is 6.61 Å². The van der Waals surface area contributed by atoms with Gasteiger partial charge in [0.15, 0.2) is 0 Å². The molecule has 2 aromatic carbocycles. The lowest BCUT2D eigenvalue weighted by molar-refractivity contribution is 0.299. The van der Waals surface area contributed by atoms with Gasteiger partial charge < -0.3 is 5.11 Å². The summed E-state index contributed by atoms with van der Waals surface area (Å²) in [4.78, 5) is 6.42. The number of benzene rings is 2. The second-order valence-corrected chi connectivity index (χ2v) is 10.1. The molecular formula is C27H32ClNOS. The van der Waals surface area contributed by atoms with Crippen LogP contribution in [0.2, 0.25) is 5.02 Å². The standard InChI is InChI=1S/C27H32ClNOS/c1-17(2)26-23(14-15-30)25(20-8-10-21(28)11-9-20)24(27(29-26)18(3)4)16-31-22-12-6-19(5)7-13-22/h6-13,17-18,30H,14-16H2,1-5H3. The second kappa shape index (κ2) is 10.7. The van der Waals surface area contributed by atoms with E-state index in [1.807, 2.05) is 23.9 Å². The Morgan fingerprint density at radius 2 is 1.45 bits per heavy atom. The Bertz CT molecular complexity index is 1010. The zero-order chi connectivity index (χ0) is 22.5. The molecule has 0 saturated carbocycles. The maximum Gasteiger partial charge on any atom is 0.0479 e. The summed E-state index contributed by atoms with van der Waals surface area (Å²) >= 11 is 8.04. The number of aromatic nitrogens is 1. The Hall–Kier alpha value is -1.81. The largest absolute Gasteiger partial charge is 0.396 e. The van der Waals surface area contributed by atoms with Crippen LogP contribution in [0.4, 0.5) is 0 Å². The molecule has 0 fully saturated rings. The Balaban J connectivity index is 2.22. The van der Waals surface area contributed by atoms with Crippen LogP contribution >= 0.6 is 23.4 Å². The third-order valence-corrected chi connectivity index (χ3v) is 6.75. The summed E-state index contributed by atoms with van der Waals surface area (Å²) in [6.07, 6.45) is 0.596. The molecule has 3 aromatic rings. The van der Waals surface area contributed by atoms with Gasteiger partial charge in [0.1, 0.15) is 0 Å². The van der Waals surface area contributed by atoms with E-state index in [1.165, 1.54) is 21.6 Å². The van der Waals surface area contributed by atoms with E-state index >= 15 is 0 Å². The highest BCUT2D eigenvalue weighted by molar-refractivity contribution is 7.98. The molecule has 164 valence electrons. The summed E-state index contributed by atoms with van der Waals surface area (Å²) in [6.45, 7) is 11.0. The third kappa shape index (κ3) is 5.71. The number of aryl methyl sites for hydroxylation is 1. The van der Waals surface area contributed by atoms with Crippen molar-refractivity contribution in [3.05, 3.63) is 81.6 Å². The van der Waals surface area contributed by atoms with Crippen LogP contribution in [0.3, 0.4) is 0 Å². The van der Waals surface area contributed by atoms with Crippen molar-refractivity contribution in [2.45, 2.75) is 63.5 Å². The molecule has 3 rings (SSSR count). The van der Waals surface area contributed by atoms with Crippen LogP contribution < -0.4 is 0 Å². The van der Waals surface area contributed by atoms with Gasteiger partial charge in [-0.2, -0.15) is 0 Å². The van der Waals surface area contributed by atoms with Crippen LogP contribution in [0.25, 0.3) is 11.1 Å². The van der Waals surface area contributed by atoms with Gasteiger partial charge in [-0.15, -0.1) is 11.8 Å². The first-order valence-corrected chi connectivity index (χ1v) is 12.3. The maximum absolute atomic E-state index is 9.89. The Morgan fingerprint density at radius 1 is 0.871 bits per heavy atom. The van der Waals surface area contributed by atoms with Gasteiger partial charge >= 0.3 is 0 Å². The highest BCUT2D eigenvalue weighted by atomic mass is 35.5. The van der Waals surface area contributed by atoms with Crippen LogP contribution in [0.15, 0.2) is 53.4 Å². The van der Waals surface area contributed by atoms with Gasteiger partial charge in [-0.3, -0.25) is 4.98 Å². The van der Waals surface area contributed by atoms with Crippen LogP contribution in [0.5, 0.6) is 0 Å². The minimum atomic E-state index is 0.105. The average molecular weight is 454 g/mol. The lowest BCUT2D eigenvalue weighted by atomic mass is 9.86. The minimum absolute atomic E-state index is 0.105. The van der Waals surface area contributed by atoms with Crippen molar-refractivity contribution < 1.29 is 5.11 Å². The fourth-order valence-electron chi connectivity index (χ4n) is 3.92. The van der Waals surface area contributed by atoms with E-state index < -0.39 is 0 Å². The molecule has 0 unspecified atom stereocenters. The number of pyridine rings is 1. The molecule has 31 heavy (non-hydrogen) atoms. The summed E-state index contributed by atoms with van der Waals surface area (Å²) in [6, 6.07) is 16.7. The number of aliphatic hydroxyl groups excluding tert-OH is 1. The Morgan fingerprint density at radius 3 is 2.00 bits per heavy atom. The topological polar surface area (TPSA) is 33.1 Å². The lowest BCUT2D eigenvalue weighted by Crippen LogP contribution is -2.13. The number of aliphatic hydroxyl groups is 1. The molecule has 1 N–H and O–H groups in total. The van der Waals surface area contributed by atoms with E-state index in [1.54, 1.807) is 0 Å². The van der Waals surface area contributed by atoms with E-state index in [-0.39, 0.29) is 12.5 Å². The summed E-state index contributed by atoms with van der Waals surface area (Å²) in [5, 5.41) is 10.6. The summed E-state index contributed by atoms with van der Waals surface area (Å²) in [7, 11) is 0. The van der Waals surface area contributed by atoms with Crippen LogP contribution in [0, 0.1) is 6.92 Å². The predicted molar refractivity (Wildman–Crippen MR) is 134 cm³/mol. The Labute approximate surface area is 196 Å². The van der Waals surface area contributed by atoms with Gasteiger partial charge in [0.25, 0.3) is 0 Å². The molecule has 4 heteroatoms. The van der Waals surface area contributed by atoms with Gasteiger partial charge in [-0.1, -0.05) is 69.1 Å². The van der Waals surface area contributed by atoms with Crippen molar-refractivity contribution in [3.63, 3.8) is 0 Å². The zero-order valence-electron chi connectivity index (χ0n) is 19.1. The van der Waals surface area contributed by atoms with E-state index in [2.05, 4.69) is 71.0 Å². The molecular weight excluding hydrogens is 422 g/mol. The number of halogens is 1. The molecule has 0 saturated heterocycles. The summed E-state index contributed by atoms with van der Waals surface area (Å²) < 4.78 is 0. The van der Waals surface area contributed by atoms with Gasteiger partial charge in [0, 0.05) is 33.7 Å². The summed E-state index contributed by atoms with van der Waals surface area (Å²) in [5.41, 5.74) is 8.27. The highest BCUT2D eigenvalue weighted by Crippen LogP contribution is 2.40. The molecule has 0 bridgehead atoms. The van der Waals surface area contributed by atoms with Crippen LogP contribution in [-0.2, 0) is 12.2 Å². The number of hydrogen-bond acceptors (Lipinski definition) is 3. The number of hydrogen-bond donors (Lipinski definition) is 1. The second-order valence-electron chi connectivity index (χ2n) is 8.61. The number of thioether (sulfide) groups is 1. The molecule has 0 atom stereocenters. The lowest BCUT2D eigenvalue weighted by Gasteiger charge is -2.25. The molecule has 0 spiro atoms. The number of rotatable bonds is 8. The van der Waals surface area contributed by atoms with E-state index in [4.69, 9.17) is 16.6 Å². The van der Waals surface area contributed by atoms with Crippen molar-refractivity contribution >= 4 is 23.4 Å². The quantitative estimate of drug-likeness (QED) is 0.353. The Kier molecular flexibility index (Phi) is 8.21. The number of nitrogens with zero attached hydrogens (tertiary/aromatic N) is 1. The van der Waals surface area contributed by atoms with Gasteiger partial charge in [0.05, 0.1) is 0 Å². The van der Waals surface area contributed by atoms with Crippen molar-refractivity contribution in [1.29, 1.82) is 0 Å². The van der Waals surface area contributed by atoms with E-state index in [9.17, 15) is 5.11 Å². The summed E-state index contributed by atoms with van der Waals surface area (Å²) in [5.74, 6) is 1.42. The van der Waals surface area contributed by atoms with Gasteiger partial charge in [0.2, 0.25) is 0 Å². The molecule has 1 aromatic heterocycles. The van der Waals surface area contributed by atoms with Gasteiger partial charge in [-0.25, -0.2) is 0 Å². The normalized spacial score (nSPS) is 11.5. The van der Waals surface area contributed by atoms with Gasteiger partial charge in [-0.05, 0) is 71.7 Å². The fraction of sp³-hybridized carbons (Fsp3) is 0.370. The maximum atomic E-state index is 9.89. The predicted octanol–water partition coefficient (Wildman–Crippen LogP) is 7.78. The molecule has 2 nitrogen and oxygen atoms in total. The molecule has 0 aliphatic rings. The minimum Gasteiger partial charge on any atom is -0.396 e.